The number of hydrogen-bond acceptors (Lipinski definition) is 24. The second kappa shape index (κ2) is 24.7. The van der Waals surface area contributed by atoms with Gasteiger partial charge in [-0.1, -0.05) is 0 Å². The number of aliphatic hydroxyl groups is 6. The fraction of sp³-hybridized carbons (Fsp3) is 0.500. The summed E-state index contributed by atoms with van der Waals surface area (Å²) in [5.41, 5.74) is 0. The van der Waals surface area contributed by atoms with E-state index in [1.165, 1.54) is 0 Å². The van der Waals surface area contributed by atoms with Crippen molar-refractivity contribution < 1.29 is 120 Å². The third-order valence-electron chi connectivity index (χ3n) is 2.84. The molecule has 0 aliphatic rings. The van der Waals surface area contributed by atoms with Crippen LogP contribution in [0.15, 0.2) is 0 Å². The zero-order valence-electron chi connectivity index (χ0n) is 17.7. The molecule has 0 aliphatic heterocycles. The van der Waals surface area contributed by atoms with Crippen molar-refractivity contribution in [1.82, 2.24) is 0 Å². The number of hydrogen-bond donors (Lipinski definition) is 6. The normalized spacial score (nSPS) is 13.9. The van der Waals surface area contributed by atoms with Crippen LogP contribution in [0.2, 0.25) is 0 Å². The first kappa shape index (κ1) is 45.3. The van der Waals surface area contributed by atoms with Crippen LogP contribution in [0.3, 0.4) is 0 Å². The quantitative estimate of drug-likeness (QED) is 0.0819. The predicted octanol–water partition coefficient (Wildman–Crippen LogP) is -14.7. The first-order chi connectivity index (χ1) is 16.6. The van der Waals surface area contributed by atoms with Crippen molar-refractivity contribution in [2.45, 2.75) is 36.6 Å². The third-order valence-corrected chi connectivity index (χ3v) is 2.84. The zero-order chi connectivity index (χ0) is 29.2. The van der Waals surface area contributed by atoms with E-state index in [9.17, 15) is 60.3 Å². The molecule has 0 radical (unpaired) electrons. The molecule has 6 unspecified atom stereocenters. The molecule has 26 heteroatoms. The van der Waals surface area contributed by atoms with Crippen molar-refractivity contribution in [3.8, 4) is 0 Å². The third kappa shape index (κ3) is 17.0. The Bertz CT molecular complexity index is 574. The van der Waals surface area contributed by atoms with E-state index in [0.29, 0.717) is 0 Å². The number of carbonyl (C=O) groups is 6. The van der Waals surface area contributed by atoms with E-state index in [1.807, 2.05) is 0 Å². The predicted molar refractivity (Wildman–Crippen MR) is 84.1 cm³/mol. The van der Waals surface area contributed by atoms with Gasteiger partial charge in [0.05, 0.1) is 0 Å². The molecule has 210 valence electrons. The summed E-state index contributed by atoms with van der Waals surface area (Å²) in [5.74, 6) is -10.7. The van der Waals surface area contributed by atoms with Gasteiger partial charge < -0.3 is 91.5 Å². The first-order valence-corrected chi connectivity index (χ1v) is 7.73. The fourth-order valence-corrected chi connectivity index (χ4v) is 1.07. The maximum Gasteiger partial charge on any atom is 3.00 e. The minimum atomic E-state index is -2.41. The minimum Gasteiger partial charge on any atom is -0.662 e. The van der Waals surface area contributed by atoms with E-state index in [4.69, 9.17) is 30.6 Å². The molecule has 0 aromatic carbocycles. The van der Waals surface area contributed by atoms with Gasteiger partial charge in [0.25, 0.3) is 0 Å². The van der Waals surface area contributed by atoms with E-state index in [2.05, 4.69) is 29.3 Å². The Morgan fingerprint density at radius 3 is 0.474 bits per heavy atom. The molecule has 38 heavy (non-hydrogen) atoms. The van der Waals surface area contributed by atoms with Crippen molar-refractivity contribution in [3.63, 3.8) is 0 Å². The summed E-state index contributed by atoms with van der Waals surface area (Å²) in [4.78, 5) is 77.0. The van der Waals surface area contributed by atoms with E-state index >= 15 is 0 Å². The van der Waals surface area contributed by atoms with Gasteiger partial charge in [-0.05, 0) is 0 Å². The summed E-state index contributed by atoms with van der Waals surface area (Å²) in [6.45, 7) is 0. The minimum absolute atomic E-state index is 0. The molecule has 0 fully saturated rings. The van der Waals surface area contributed by atoms with Gasteiger partial charge in [-0.2, -0.15) is 0 Å². The number of rotatable bonds is 9. The summed E-state index contributed by atoms with van der Waals surface area (Å²) in [6.07, 6.45) is -14.5. The average molecular weight is 594 g/mol. The van der Waals surface area contributed by atoms with Gasteiger partial charge in [0, 0.05) is 0 Å². The summed E-state index contributed by atoms with van der Waals surface area (Å²) >= 11 is 0. The molecule has 0 aliphatic carbocycles. The van der Waals surface area contributed by atoms with Crippen molar-refractivity contribution in [1.29, 1.82) is 0 Å². The van der Waals surface area contributed by atoms with Gasteiger partial charge in [0.2, 0.25) is 0 Å². The van der Waals surface area contributed by atoms with Crippen LogP contribution >= 0.6 is 0 Å². The second-order valence-electron chi connectivity index (χ2n) is 5.08. The van der Waals surface area contributed by atoms with Gasteiger partial charge >= 0.3 is 70.5 Å². The molecule has 0 bridgehead atoms. The molecule has 0 spiro atoms. The van der Waals surface area contributed by atoms with Crippen LogP contribution < -0.4 is 31.5 Å². The van der Waals surface area contributed by atoms with Crippen LogP contribution in [0, 0.1) is 0 Å². The van der Waals surface area contributed by atoms with Gasteiger partial charge in [-0.25, -0.2) is 28.8 Å². The maximum atomic E-state index is 10.1. The zero-order valence-corrected chi connectivity index (χ0v) is 20.0. The molecule has 6 atom stereocenters. The molecular formula is C12H12Al2O24. The van der Waals surface area contributed by atoms with Gasteiger partial charge in [-0.15, -0.1) is 0 Å². The fourth-order valence-electron chi connectivity index (χ4n) is 1.07. The van der Waals surface area contributed by atoms with E-state index in [-0.39, 0.29) is 34.7 Å². The van der Waals surface area contributed by atoms with Crippen LogP contribution in [0.1, 0.15) is 0 Å². The smallest absolute Gasteiger partial charge is 0.662 e. The standard InChI is InChI=1S/3C4H6O8.2Al/c3*5-1(3(7)11-9)2(6)4(8)12-10;;/h3*1-2,5-6,9-10H;;/q;;;2*+3/p-6. The Morgan fingerprint density at radius 2 is 0.421 bits per heavy atom. The van der Waals surface area contributed by atoms with Crippen LogP contribution in [0.5, 0.6) is 0 Å². The van der Waals surface area contributed by atoms with E-state index in [0.717, 1.165) is 0 Å². The van der Waals surface area contributed by atoms with Crippen LogP contribution in [0.25, 0.3) is 0 Å². The molecular weight excluding hydrogens is 582 g/mol. The molecule has 24 nitrogen and oxygen atoms in total. The summed E-state index contributed by atoms with van der Waals surface area (Å²) in [7, 11) is 0. The van der Waals surface area contributed by atoms with Gasteiger partial charge in [0.15, 0.2) is 36.6 Å². The molecule has 0 saturated carbocycles. The SMILES string of the molecule is O=C(O[O-])C(O)C(O)C(=O)O[O-].O=C(O[O-])C(O)C(O)C(=O)O[O-].O=C(O[O-])C(O)C(O)C(=O)O[O-].[Al+3].[Al+3]. The topological polar surface area (TPSA) is 418 Å². The van der Waals surface area contributed by atoms with Gasteiger partial charge in [-0.3, -0.25) is 0 Å². The first-order valence-electron chi connectivity index (χ1n) is 7.73. The Kier molecular flexibility index (Phi) is 29.5. The van der Waals surface area contributed by atoms with Gasteiger partial charge in [0.1, 0.15) is 0 Å². The Morgan fingerprint density at radius 1 is 0.342 bits per heavy atom. The number of aliphatic hydroxyl groups excluding tert-OH is 6. The maximum absolute atomic E-state index is 10.1. The molecule has 0 amide bonds. The van der Waals surface area contributed by atoms with Crippen LogP contribution in [-0.2, 0) is 58.1 Å². The van der Waals surface area contributed by atoms with Crippen LogP contribution in [0.4, 0.5) is 0 Å². The Balaban J connectivity index is -0.000000140. The van der Waals surface area contributed by atoms with Crippen molar-refractivity contribution in [2.24, 2.45) is 0 Å². The largest absolute Gasteiger partial charge is 3.00 e. The van der Waals surface area contributed by atoms with Crippen molar-refractivity contribution in [2.75, 3.05) is 0 Å². The molecule has 6 N–H and O–H groups in total. The molecule has 0 aromatic rings. The van der Waals surface area contributed by atoms with Crippen LogP contribution in [-0.4, -0.2) is 138 Å². The summed E-state index contributed by atoms with van der Waals surface area (Å²) in [5, 5.41) is 107. The average Bonchev–Trinajstić information content (AvgIpc) is 2.92. The second-order valence-corrected chi connectivity index (χ2v) is 5.08. The molecule has 0 saturated heterocycles. The Labute approximate surface area is 227 Å². The molecule has 0 aromatic heterocycles. The monoisotopic (exact) mass is 594 g/mol. The summed E-state index contributed by atoms with van der Waals surface area (Å²) in [6, 6.07) is 0. The van der Waals surface area contributed by atoms with E-state index in [1.54, 1.807) is 0 Å². The summed E-state index contributed by atoms with van der Waals surface area (Å²) < 4.78 is 0. The van der Waals surface area contributed by atoms with E-state index < -0.39 is 72.4 Å². The Hall–Kier alpha value is -2.60. The number of carbonyl (C=O) groups excluding carboxylic acids is 6. The molecule has 0 heterocycles. The van der Waals surface area contributed by atoms with Crippen molar-refractivity contribution >= 4 is 70.5 Å². The molecule has 0 rings (SSSR count). The van der Waals surface area contributed by atoms with Crippen molar-refractivity contribution in [3.05, 3.63) is 0 Å².